The molecule has 0 amide bonds. The Bertz CT molecular complexity index is 374. The number of carboxylic acid groups (broad SMARTS) is 1. The molecule has 0 aliphatic rings. The Morgan fingerprint density at radius 2 is 2.24 bits per heavy atom. The molecular weight excluding hydrogens is 218 g/mol. The van der Waals surface area contributed by atoms with Crippen molar-refractivity contribution >= 4 is 5.97 Å². The fraction of sp³-hybridized carbons (Fsp3) is 0.667. The van der Waals surface area contributed by atoms with Gasteiger partial charge in [0.25, 0.3) is 0 Å². The second-order valence-corrected chi connectivity index (χ2v) is 4.18. The van der Waals surface area contributed by atoms with Gasteiger partial charge in [0, 0.05) is 19.6 Å². The summed E-state index contributed by atoms with van der Waals surface area (Å²) < 4.78 is 1.98. The van der Waals surface area contributed by atoms with Gasteiger partial charge >= 0.3 is 5.97 Å². The van der Waals surface area contributed by atoms with Gasteiger partial charge in [-0.2, -0.15) is 5.10 Å². The molecule has 0 radical (unpaired) electrons. The predicted octanol–water partition coefficient (Wildman–Crippen LogP) is 1.37. The van der Waals surface area contributed by atoms with Gasteiger partial charge in [-0.1, -0.05) is 6.92 Å². The molecule has 96 valence electrons. The Hall–Kier alpha value is -1.36. The first-order chi connectivity index (χ1) is 8.06. The van der Waals surface area contributed by atoms with Gasteiger partial charge in [-0.15, -0.1) is 0 Å². The molecule has 0 unspecified atom stereocenters. The van der Waals surface area contributed by atoms with Crippen LogP contribution in [0.15, 0.2) is 6.07 Å². The Morgan fingerprint density at radius 3 is 2.76 bits per heavy atom. The summed E-state index contributed by atoms with van der Waals surface area (Å²) in [5, 5.41) is 13.1. The summed E-state index contributed by atoms with van der Waals surface area (Å²) in [7, 11) is 1.93. The van der Waals surface area contributed by atoms with Gasteiger partial charge in [0.15, 0.2) is 0 Å². The number of carbonyl (C=O) groups is 1. The zero-order chi connectivity index (χ0) is 12.8. The largest absolute Gasteiger partial charge is 0.481 e. The quantitative estimate of drug-likeness (QED) is 0.780. The summed E-state index contributed by atoms with van der Waals surface area (Å²) in [4.78, 5) is 12.5. The fourth-order valence-corrected chi connectivity index (χ4v) is 1.73. The molecule has 1 aromatic rings. The van der Waals surface area contributed by atoms with E-state index >= 15 is 0 Å². The highest BCUT2D eigenvalue weighted by Gasteiger charge is 2.09. The highest BCUT2D eigenvalue weighted by atomic mass is 16.4. The molecule has 0 bridgehead atoms. The molecular formula is C12H21N3O2. The van der Waals surface area contributed by atoms with Crippen LogP contribution < -0.4 is 0 Å². The lowest BCUT2D eigenvalue weighted by Crippen LogP contribution is -2.23. The lowest BCUT2D eigenvalue weighted by atomic mass is 10.3. The van der Waals surface area contributed by atoms with E-state index in [0.717, 1.165) is 30.9 Å². The molecule has 1 heterocycles. The van der Waals surface area contributed by atoms with Crippen molar-refractivity contribution in [1.29, 1.82) is 0 Å². The monoisotopic (exact) mass is 239 g/mol. The molecule has 0 aromatic carbocycles. The number of hydrogen-bond donors (Lipinski definition) is 1. The first-order valence-corrected chi connectivity index (χ1v) is 6.02. The molecule has 5 heteroatoms. The van der Waals surface area contributed by atoms with Crippen molar-refractivity contribution < 1.29 is 9.90 Å². The Labute approximate surface area is 102 Å². The zero-order valence-electron chi connectivity index (χ0n) is 10.8. The number of rotatable bonds is 7. The Balaban J connectivity index is 2.60. The first-order valence-electron chi connectivity index (χ1n) is 6.02. The number of aromatic nitrogens is 2. The molecule has 0 atom stereocenters. The van der Waals surface area contributed by atoms with E-state index in [1.165, 1.54) is 0 Å². The highest BCUT2D eigenvalue weighted by Crippen LogP contribution is 2.08. The zero-order valence-corrected chi connectivity index (χ0v) is 10.8. The molecule has 0 aliphatic carbocycles. The lowest BCUT2D eigenvalue weighted by molar-refractivity contribution is -0.137. The first kappa shape index (κ1) is 13.7. The SMILES string of the molecule is CCc1cc(CN(C)CCC(=O)O)n(CC)n1. The molecule has 0 saturated carbocycles. The number of hydrogen-bond acceptors (Lipinski definition) is 3. The van der Waals surface area contributed by atoms with E-state index < -0.39 is 5.97 Å². The van der Waals surface area contributed by atoms with Gasteiger partial charge in [-0.05, 0) is 26.5 Å². The maximum absolute atomic E-state index is 10.5. The van der Waals surface area contributed by atoms with Crippen LogP contribution in [-0.2, 0) is 24.3 Å². The van der Waals surface area contributed by atoms with Crippen LogP contribution in [0, 0.1) is 0 Å². The van der Waals surface area contributed by atoms with E-state index in [4.69, 9.17) is 5.11 Å². The molecule has 17 heavy (non-hydrogen) atoms. The van der Waals surface area contributed by atoms with E-state index in [1.807, 2.05) is 16.6 Å². The minimum atomic E-state index is -0.755. The van der Waals surface area contributed by atoms with Crippen molar-refractivity contribution in [3.8, 4) is 0 Å². The van der Waals surface area contributed by atoms with Crippen LogP contribution in [0.4, 0.5) is 0 Å². The van der Waals surface area contributed by atoms with Crippen LogP contribution >= 0.6 is 0 Å². The van der Waals surface area contributed by atoms with E-state index in [1.54, 1.807) is 0 Å². The molecule has 0 fully saturated rings. The number of aryl methyl sites for hydroxylation is 2. The van der Waals surface area contributed by atoms with Crippen molar-refractivity contribution in [2.75, 3.05) is 13.6 Å². The second-order valence-electron chi connectivity index (χ2n) is 4.18. The van der Waals surface area contributed by atoms with E-state index in [-0.39, 0.29) is 6.42 Å². The average Bonchev–Trinajstić information content (AvgIpc) is 2.68. The standard InChI is InChI=1S/C12H21N3O2/c1-4-10-8-11(15(5-2)13-10)9-14(3)7-6-12(16)17/h8H,4-7,9H2,1-3H3,(H,16,17). The third-order valence-corrected chi connectivity index (χ3v) is 2.71. The minimum absolute atomic E-state index is 0.178. The molecule has 0 spiro atoms. The van der Waals surface area contributed by atoms with Crippen molar-refractivity contribution in [2.45, 2.75) is 39.8 Å². The van der Waals surface area contributed by atoms with Crippen molar-refractivity contribution in [2.24, 2.45) is 0 Å². The van der Waals surface area contributed by atoms with Gasteiger partial charge in [0.2, 0.25) is 0 Å². The summed E-state index contributed by atoms with van der Waals surface area (Å²) in [6, 6.07) is 2.10. The maximum Gasteiger partial charge on any atom is 0.304 e. The predicted molar refractivity (Wildman–Crippen MR) is 65.9 cm³/mol. The van der Waals surface area contributed by atoms with Crippen LogP contribution in [0.3, 0.4) is 0 Å². The van der Waals surface area contributed by atoms with E-state index in [2.05, 4.69) is 25.0 Å². The van der Waals surface area contributed by atoms with Gasteiger partial charge in [0.1, 0.15) is 0 Å². The van der Waals surface area contributed by atoms with Crippen molar-refractivity contribution in [3.05, 3.63) is 17.5 Å². The summed E-state index contributed by atoms with van der Waals surface area (Å²) in [5.41, 5.74) is 2.24. The van der Waals surface area contributed by atoms with E-state index in [0.29, 0.717) is 6.54 Å². The normalized spacial score (nSPS) is 11.1. The van der Waals surface area contributed by atoms with Crippen LogP contribution in [-0.4, -0.2) is 39.3 Å². The maximum atomic E-state index is 10.5. The molecule has 0 aliphatic heterocycles. The topological polar surface area (TPSA) is 58.4 Å². The minimum Gasteiger partial charge on any atom is -0.481 e. The van der Waals surface area contributed by atoms with Gasteiger partial charge < -0.3 is 5.11 Å². The van der Waals surface area contributed by atoms with Gasteiger partial charge in [-0.3, -0.25) is 14.4 Å². The second kappa shape index (κ2) is 6.39. The third-order valence-electron chi connectivity index (χ3n) is 2.71. The summed E-state index contributed by atoms with van der Waals surface area (Å²) in [5.74, 6) is -0.755. The van der Waals surface area contributed by atoms with Crippen molar-refractivity contribution in [3.63, 3.8) is 0 Å². The highest BCUT2D eigenvalue weighted by molar-refractivity contribution is 5.66. The number of carboxylic acids is 1. The summed E-state index contributed by atoms with van der Waals surface area (Å²) in [6.45, 7) is 6.30. The average molecular weight is 239 g/mol. The van der Waals surface area contributed by atoms with Gasteiger partial charge in [0.05, 0.1) is 17.8 Å². The molecule has 1 rings (SSSR count). The third kappa shape index (κ3) is 4.19. The molecule has 5 nitrogen and oxygen atoms in total. The van der Waals surface area contributed by atoms with Gasteiger partial charge in [-0.25, -0.2) is 0 Å². The Morgan fingerprint density at radius 1 is 1.53 bits per heavy atom. The summed E-state index contributed by atoms with van der Waals surface area (Å²) >= 11 is 0. The van der Waals surface area contributed by atoms with Crippen LogP contribution in [0.1, 0.15) is 31.7 Å². The fourth-order valence-electron chi connectivity index (χ4n) is 1.73. The molecule has 0 saturated heterocycles. The van der Waals surface area contributed by atoms with E-state index in [9.17, 15) is 4.79 Å². The smallest absolute Gasteiger partial charge is 0.304 e. The molecule has 1 N–H and O–H groups in total. The van der Waals surface area contributed by atoms with Crippen LogP contribution in [0.2, 0.25) is 0 Å². The van der Waals surface area contributed by atoms with Crippen molar-refractivity contribution in [1.82, 2.24) is 14.7 Å². The van der Waals surface area contributed by atoms with Crippen LogP contribution in [0.25, 0.3) is 0 Å². The summed E-state index contributed by atoms with van der Waals surface area (Å²) in [6.07, 6.45) is 1.11. The number of nitrogens with zero attached hydrogens (tertiary/aromatic N) is 3. The number of aliphatic carboxylic acids is 1. The lowest BCUT2D eigenvalue weighted by Gasteiger charge is -2.15. The van der Waals surface area contributed by atoms with Crippen LogP contribution in [0.5, 0.6) is 0 Å². The molecule has 1 aromatic heterocycles. The Kier molecular flexibility index (Phi) is 5.15.